The minimum atomic E-state index is -0.999. The van der Waals surface area contributed by atoms with Crippen LogP contribution in [0.1, 0.15) is 39.4 Å². The minimum absolute atomic E-state index is 0.280. The molecule has 0 fully saturated rings. The summed E-state index contributed by atoms with van der Waals surface area (Å²) >= 11 is 0. The monoisotopic (exact) mass is 294 g/mol. The maximum atomic E-state index is 11.1. The van der Waals surface area contributed by atoms with Gasteiger partial charge in [0, 0.05) is 23.4 Å². The smallest absolute Gasteiger partial charge is 0.405 e. The number of carbonyl (C=O) groups is 1. The molecule has 1 aromatic rings. The Morgan fingerprint density at radius 1 is 1.48 bits per heavy atom. The van der Waals surface area contributed by atoms with Gasteiger partial charge in [-0.25, -0.2) is 4.79 Å². The largest absolute Gasteiger partial charge is 0.484 e. The first-order valence-electron chi connectivity index (χ1n) is 6.94. The lowest BCUT2D eigenvalue weighted by Gasteiger charge is -2.41. The van der Waals surface area contributed by atoms with Crippen LogP contribution in [-0.2, 0) is 4.74 Å². The summed E-state index contributed by atoms with van der Waals surface area (Å²) in [5.74, 6) is 0.571. The first-order valence-corrected chi connectivity index (χ1v) is 6.94. The lowest BCUT2D eigenvalue weighted by molar-refractivity contribution is -0.112. The Morgan fingerprint density at radius 3 is 2.71 bits per heavy atom. The van der Waals surface area contributed by atoms with Crippen LogP contribution in [0.2, 0.25) is 0 Å². The molecule has 6 heteroatoms. The highest BCUT2D eigenvalue weighted by Gasteiger charge is 2.45. The Morgan fingerprint density at radius 2 is 2.14 bits per heavy atom. The standard InChI is InChI=1S/C15H22N2O4/c1-8(2)17-9-5-6-10-11(7-9)21-15(3,4)13(18)12(10)20-14(16)19/h5-8,12-13,17-18H,1-4H3,(H2,16,19)/t12-,13?/m0/s1. The van der Waals surface area contributed by atoms with Gasteiger partial charge in [0.1, 0.15) is 17.5 Å². The van der Waals surface area contributed by atoms with Crippen molar-refractivity contribution in [3.8, 4) is 5.75 Å². The molecule has 0 saturated heterocycles. The van der Waals surface area contributed by atoms with Gasteiger partial charge in [0.25, 0.3) is 0 Å². The van der Waals surface area contributed by atoms with E-state index in [1.807, 2.05) is 26.0 Å². The molecule has 21 heavy (non-hydrogen) atoms. The molecule has 2 rings (SSSR count). The molecule has 2 atom stereocenters. The second-order valence-corrected chi connectivity index (χ2v) is 6.06. The van der Waals surface area contributed by atoms with Gasteiger partial charge in [-0.15, -0.1) is 0 Å². The van der Waals surface area contributed by atoms with Gasteiger partial charge in [-0.2, -0.15) is 0 Å². The fraction of sp³-hybridized carbons (Fsp3) is 0.533. The van der Waals surface area contributed by atoms with Gasteiger partial charge in [0.2, 0.25) is 0 Å². The van der Waals surface area contributed by atoms with Crippen LogP contribution in [0, 0.1) is 0 Å². The van der Waals surface area contributed by atoms with Gasteiger partial charge >= 0.3 is 6.09 Å². The van der Waals surface area contributed by atoms with E-state index in [1.165, 1.54) is 0 Å². The van der Waals surface area contributed by atoms with E-state index in [4.69, 9.17) is 15.2 Å². The Bertz CT molecular complexity index is 542. The zero-order valence-electron chi connectivity index (χ0n) is 12.7. The zero-order valence-corrected chi connectivity index (χ0v) is 12.7. The SMILES string of the molecule is CC(C)Nc1ccc2c(c1)OC(C)(C)C(O)[C@H]2OC(N)=O. The normalized spacial score (nSPS) is 23.1. The van der Waals surface area contributed by atoms with E-state index in [0.717, 1.165) is 5.69 Å². The summed E-state index contributed by atoms with van der Waals surface area (Å²) in [6.07, 6.45) is -2.76. The summed E-state index contributed by atoms with van der Waals surface area (Å²) in [7, 11) is 0. The Kier molecular flexibility index (Phi) is 4.00. The third-order valence-electron chi connectivity index (χ3n) is 3.39. The molecule has 116 valence electrons. The number of nitrogens with two attached hydrogens (primary N) is 1. The minimum Gasteiger partial charge on any atom is -0.484 e. The average Bonchev–Trinajstić information content (AvgIpc) is 2.33. The van der Waals surface area contributed by atoms with Crippen LogP contribution in [-0.4, -0.2) is 28.9 Å². The van der Waals surface area contributed by atoms with Crippen LogP contribution in [0.3, 0.4) is 0 Å². The van der Waals surface area contributed by atoms with E-state index in [-0.39, 0.29) is 6.04 Å². The number of hydrogen-bond acceptors (Lipinski definition) is 5. The molecule has 1 heterocycles. The summed E-state index contributed by atoms with van der Waals surface area (Å²) in [6.45, 7) is 7.54. The number of anilines is 1. The van der Waals surface area contributed by atoms with Crippen LogP contribution in [0.15, 0.2) is 18.2 Å². The van der Waals surface area contributed by atoms with Gasteiger partial charge in [-0.1, -0.05) is 0 Å². The summed E-state index contributed by atoms with van der Waals surface area (Å²) in [6, 6.07) is 5.74. The third-order valence-corrected chi connectivity index (χ3v) is 3.39. The lowest BCUT2D eigenvalue weighted by Crippen LogP contribution is -2.50. The van der Waals surface area contributed by atoms with Gasteiger partial charge in [-0.05, 0) is 39.8 Å². The van der Waals surface area contributed by atoms with Crippen molar-refractivity contribution >= 4 is 11.8 Å². The Labute approximate surface area is 124 Å². The number of rotatable bonds is 3. The van der Waals surface area contributed by atoms with Crippen molar-refractivity contribution in [2.45, 2.75) is 51.5 Å². The summed E-state index contributed by atoms with van der Waals surface area (Å²) in [5.41, 5.74) is 5.72. The van der Waals surface area contributed by atoms with E-state index >= 15 is 0 Å². The summed E-state index contributed by atoms with van der Waals surface area (Å²) < 4.78 is 10.9. The first-order chi connectivity index (χ1) is 9.70. The molecule has 0 aromatic heterocycles. The number of ether oxygens (including phenoxy) is 2. The van der Waals surface area contributed by atoms with E-state index < -0.39 is 23.9 Å². The fourth-order valence-corrected chi connectivity index (χ4v) is 2.41. The van der Waals surface area contributed by atoms with Crippen molar-refractivity contribution < 1.29 is 19.4 Å². The van der Waals surface area contributed by atoms with Crippen molar-refractivity contribution in [1.82, 2.24) is 0 Å². The van der Waals surface area contributed by atoms with Crippen LogP contribution in [0.4, 0.5) is 10.5 Å². The predicted octanol–water partition coefficient (Wildman–Crippen LogP) is 2.18. The van der Waals surface area contributed by atoms with Crippen LogP contribution in [0.5, 0.6) is 5.75 Å². The van der Waals surface area contributed by atoms with E-state index in [0.29, 0.717) is 11.3 Å². The van der Waals surface area contributed by atoms with Gasteiger partial charge in [0.05, 0.1) is 0 Å². The molecule has 1 aliphatic rings. The van der Waals surface area contributed by atoms with Crippen molar-refractivity contribution in [3.63, 3.8) is 0 Å². The molecule has 4 N–H and O–H groups in total. The third kappa shape index (κ3) is 3.21. The van der Waals surface area contributed by atoms with Gasteiger partial charge < -0.3 is 25.6 Å². The highest BCUT2D eigenvalue weighted by molar-refractivity contribution is 5.65. The number of fused-ring (bicyclic) bond motifs is 1. The maximum Gasteiger partial charge on any atom is 0.405 e. The molecular formula is C15H22N2O4. The molecule has 1 aromatic carbocycles. The van der Waals surface area contributed by atoms with E-state index in [1.54, 1.807) is 19.9 Å². The lowest BCUT2D eigenvalue weighted by atomic mass is 9.88. The number of amides is 1. The second kappa shape index (κ2) is 5.44. The van der Waals surface area contributed by atoms with Crippen LogP contribution >= 0.6 is 0 Å². The van der Waals surface area contributed by atoms with Crippen molar-refractivity contribution in [2.24, 2.45) is 5.73 Å². The molecule has 1 unspecified atom stereocenters. The average molecular weight is 294 g/mol. The summed E-state index contributed by atoms with van der Waals surface area (Å²) in [5, 5.41) is 13.6. The highest BCUT2D eigenvalue weighted by atomic mass is 16.6. The molecule has 0 aliphatic carbocycles. The molecule has 6 nitrogen and oxygen atoms in total. The molecule has 1 amide bonds. The Balaban J connectivity index is 2.41. The second-order valence-electron chi connectivity index (χ2n) is 6.06. The highest BCUT2D eigenvalue weighted by Crippen LogP contribution is 2.42. The number of aliphatic hydroxyl groups is 1. The molecule has 0 saturated carbocycles. The number of nitrogens with one attached hydrogen (secondary N) is 1. The molecule has 1 aliphatic heterocycles. The number of benzene rings is 1. The van der Waals surface area contributed by atoms with Crippen molar-refractivity contribution in [3.05, 3.63) is 23.8 Å². The maximum absolute atomic E-state index is 11.1. The summed E-state index contributed by atoms with van der Waals surface area (Å²) in [4.78, 5) is 11.1. The van der Waals surface area contributed by atoms with Crippen LogP contribution in [0.25, 0.3) is 0 Å². The van der Waals surface area contributed by atoms with Gasteiger partial charge in [-0.3, -0.25) is 0 Å². The fourth-order valence-electron chi connectivity index (χ4n) is 2.41. The first kappa shape index (κ1) is 15.4. The van der Waals surface area contributed by atoms with Crippen molar-refractivity contribution in [2.75, 3.05) is 5.32 Å². The van der Waals surface area contributed by atoms with E-state index in [2.05, 4.69) is 5.32 Å². The number of primary amides is 1. The van der Waals surface area contributed by atoms with Crippen molar-refractivity contribution in [1.29, 1.82) is 0 Å². The Hall–Kier alpha value is -1.95. The zero-order chi connectivity index (χ0) is 15.8. The number of carbonyl (C=O) groups excluding carboxylic acids is 1. The topological polar surface area (TPSA) is 93.8 Å². The number of aliphatic hydroxyl groups excluding tert-OH is 1. The molecule has 0 radical (unpaired) electrons. The van der Waals surface area contributed by atoms with Crippen LogP contribution < -0.4 is 15.8 Å². The quantitative estimate of drug-likeness (QED) is 0.794. The molecular weight excluding hydrogens is 272 g/mol. The molecule has 0 bridgehead atoms. The molecule has 0 spiro atoms. The number of hydrogen-bond donors (Lipinski definition) is 3. The predicted molar refractivity (Wildman–Crippen MR) is 79.3 cm³/mol. The van der Waals surface area contributed by atoms with E-state index in [9.17, 15) is 9.90 Å². The van der Waals surface area contributed by atoms with Gasteiger partial charge in [0.15, 0.2) is 6.10 Å².